The average Bonchev–Trinajstić information content (AvgIpc) is 3.78. The van der Waals surface area contributed by atoms with Gasteiger partial charge in [0.25, 0.3) is 5.91 Å². The molecule has 1 aromatic carbocycles. The maximum absolute atomic E-state index is 15.3. The highest BCUT2D eigenvalue weighted by atomic mass is 19.1. The van der Waals surface area contributed by atoms with Gasteiger partial charge in [-0.15, -0.1) is 0 Å². The minimum Gasteiger partial charge on any atom is -0.490 e. The van der Waals surface area contributed by atoms with Gasteiger partial charge in [-0.25, -0.2) is 18.9 Å². The molecule has 1 spiro atoms. The van der Waals surface area contributed by atoms with E-state index in [2.05, 4.69) is 41.5 Å². The molecule has 1 unspecified atom stereocenters. The predicted molar refractivity (Wildman–Crippen MR) is 207 cm³/mol. The fourth-order valence-corrected chi connectivity index (χ4v) is 9.27. The molecule has 15 heteroatoms. The van der Waals surface area contributed by atoms with Gasteiger partial charge in [0, 0.05) is 75.4 Å². The van der Waals surface area contributed by atoms with Gasteiger partial charge in [0.05, 0.1) is 35.3 Å². The molecule has 2 N–H and O–H groups in total. The number of amides is 3. The second kappa shape index (κ2) is 14.6. The lowest BCUT2D eigenvalue weighted by molar-refractivity contribution is -0.134. The van der Waals surface area contributed by atoms with Crippen molar-refractivity contribution in [2.75, 3.05) is 42.9 Å². The second-order valence-electron chi connectivity index (χ2n) is 16.5. The summed E-state index contributed by atoms with van der Waals surface area (Å²) in [4.78, 5) is 50.8. The van der Waals surface area contributed by atoms with Crippen LogP contribution in [-0.2, 0) is 9.59 Å². The number of carbonyl (C=O) groups excluding carboxylic acids is 3. The van der Waals surface area contributed by atoms with Crippen LogP contribution >= 0.6 is 0 Å². The lowest BCUT2D eigenvalue weighted by Crippen LogP contribution is -2.61. The summed E-state index contributed by atoms with van der Waals surface area (Å²) in [7, 11) is 0. The predicted octanol–water partition coefficient (Wildman–Crippen LogP) is 5.51. The highest BCUT2D eigenvalue weighted by Gasteiger charge is 2.45. The zero-order chi connectivity index (χ0) is 38.6. The number of rotatable bonds is 9. The van der Waals surface area contributed by atoms with E-state index in [4.69, 9.17) is 9.84 Å². The van der Waals surface area contributed by atoms with Gasteiger partial charge in [0.1, 0.15) is 11.4 Å². The number of nitrogens with one attached hydrogen (secondary N) is 2. The molecule has 1 atom stereocenters. The van der Waals surface area contributed by atoms with Gasteiger partial charge in [-0.3, -0.25) is 24.4 Å². The van der Waals surface area contributed by atoms with Crippen LogP contribution in [0.1, 0.15) is 93.1 Å². The van der Waals surface area contributed by atoms with Gasteiger partial charge in [0.2, 0.25) is 11.8 Å². The van der Waals surface area contributed by atoms with Gasteiger partial charge in [-0.2, -0.15) is 10.2 Å². The molecule has 3 aliphatic heterocycles. The first kappa shape index (κ1) is 36.2. The number of hydrogen-bond acceptors (Lipinski definition) is 10. The minimum atomic E-state index is -0.543. The number of carbonyl (C=O) groups is 3. The summed E-state index contributed by atoms with van der Waals surface area (Å²) in [6.07, 6.45) is 15.6. The third-order valence-electron chi connectivity index (χ3n) is 12.2. The van der Waals surface area contributed by atoms with Crippen molar-refractivity contribution in [1.82, 2.24) is 39.6 Å². The maximum Gasteiger partial charge on any atom is 0.259 e. The monoisotopic (exact) mass is 762 g/mol. The van der Waals surface area contributed by atoms with Crippen LogP contribution < -0.4 is 20.3 Å². The first-order chi connectivity index (χ1) is 27.1. The Hall–Kier alpha value is -5.44. The van der Waals surface area contributed by atoms with Crippen molar-refractivity contribution in [3.63, 3.8) is 0 Å². The Morgan fingerprint density at radius 2 is 1.86 bits per heavy atom. The zero-order valence-electron chi connectivity index (χ0n) is 31.8. The van der Waals surface area contributed by atoms with Gasteiger partial charge >= 0.3 is 0 Å². The number of ether oxygens (including phenoxy) is 1. The molecule has 4 fully saturated rings. The Bertz CT molecular complexity index is 2300. The quantitative estimate of drug-likeness (QED) is 0.184. The van der Waals surface area contributed by atoms with Crippen molar-refractivity contribution in [2.45, 2.75) is 83.3 Å². The average molecular weight is 763 g/mol. The van der Waals surface area contributed by atoms with Crippen molar-refractivity contribution in [3.05, 3.63) is 72.2 Å². The van der Waals surface area contributed by atoms with Gasteiger partial charge in [-0.05, 0) is 93.9 Å². The Balaban J connectivity index is 0.773. The van der Waals surface area contributed by atoms with Gasteiger partial charge in [0.15, 0.2) is 17.3 Å². The number of imide groups is 1. The number of piperidine rings is 2. The summed E-state index contributed by atoms with van der Waals surface area (Å²) in [6, 6.07) is 7.24. The molecule has 5 aromatic rings. The normalized spacial score (nSPS) is 22.8. The van der Waals surface area contributed by atoms with Gasteiger partial charge < -0.3 is 19.9 Å². The maximum atomic E-state index is 15.3. The van der Waals surface area contributed by atoms with Crippen LogP contribution in [0.3, 0.4) is 0 Å². The standard InChI is InChI=1S/C41H47FN10O4/c1-25(2)56-35-18-33-28(16-31(35)40(55)46-34-20-45-51-13-3-12-43-38(34)51)22-52(48-33)29-6-4-26(5-7-29)21-49-23-41(24-49)10-14-50(15-11-41)37-32(42)17-27(19-44-37)30-8-9-36(53)47-39(30)54/h3,12-13,16-20,22,25-26,29-30H,4-11,14-15,21,23-24H2,1-2H3,(H,46,55)(H,47,53,54)/t26-,29-,30?. The van der Waals surface area contributed by atoms with E-state index < -0.39 is 11.7 Å². The molecule has 292 valence electrons. The van der Waals surface area contributed by atoms with Crippen LogP contribution in [0, 0.1) is 17.2 Å². The van der Waals surface area contributed by atoms with Crippen molar-refractivity contribution in [3.8, 4) is 5.75 Å². The molecule has 3 saturated heterocycles. The first-order valence-corrected chi connectivity index (χ1v) is 19.9. The molecule has 3 amide bonds. The van der Waals surface area contributed by atoms with E-state index in [9.17, 15) is 14.4 Å². The van der Waals surface area contributed by atoms with Gasteiger partial charge in [-0.1, -0.05) is 0 Å². The number of likely N-dealkylation sites (tertiary alicyclic amines) is 1. The summed E-state index contributed by atoms with van der Waals surface area (Å²) in [5.41, 5.74) is 3.13. The summed E-state index contributed by atoms with van der Waals surface area (Å²) < 4.78 is 25.1. The van der Waals surface area contributed by atoms with Crippen molar-refractivity contribution in [1.29, 1.82) is 0 Å². The van der Waals surface area contributed by atoms with Crippen molar-refractivity contribution >= 4 is 45.8 Å². The SMILES string of the molecule is CC(C)Oc1cc2nn([C@H]3CC[C@H](CN4CC5(CCN(c6ncc(C7CCC(=O)NC7=O)cc6F)CC5)C4)CC3)cc2cc1C(=O)Nc1cnn2cccnc12. The Labute approximate surface area is 323 Å². The first-order valence-electron chi connectivity index (χ1n) is 19.9. The lowest BCUT2D eigenvalue weighted by Gasteiger charge is -2.55. The molecule has 14 nitrogen and oxygen atoms in total. The highest BCUT2D eigenvalue weighted by molar-refractivity contribution is 6.09. The number of anilines is 2. The van der Waals surface area contributed by atoms with Crippen LogP contribution in [-0.4, -0.2) is 90.8 Å². The van der Waals surface area contributed by atoms with E-state index >= 15 is 4.39 Å². The van der Waals surface area contributed by atoms with E-state index in [0.29, 0.717) is 52.4 Å². The Kier molecular flexibility index (Phi) is 9.42. The molecule has 1 aliphatic carbocycles. The topological polar surface area (TPSA) is 152 Å². The molecule has 56 heavy (non-hydrogen) atoms. The van der Waals surface area contributed by atoms with Crippen LogP contribution in [0.15, 0.2) is 55.2 Å². The summed E-state index contributed by atoms with van der Waals surface area (Å²) in [6.45, 7) is 8.67. The van der Waals surface area contributed by atoms with E-state index in [1.165, 1.54) is 6.07 Å². The molecule has 0 radical (unpaired) electrons. The fraction of sp³-hybridized carbons (Fsp3) is 0.488. The third kappa shape index (κ3) is 7.08. The number of aromatic nitrogens is 6. The van der Waals surface area contributed by atoms with E-state index in [0.717, 1.165) is 82.2 Å². The summed E-state index contributed by atoms with van der Waals surface area (Å²) in [5, 5.41) is 15.5. The molecular weight excluding hydrogens is 716 g/mol. The van der Waals surface area contributed by atoms with Crippen LogP contribution in [0.2, 0.25) is 0 Å². The number of benzene rings is 1. The second-order valence-corrected chi connectivity index (χ2v) is 16.5. The molecule has 4 aliphatic rings. The smallest absolute Gasteiger partial charge is 0.259 e. The Morgan fingerprint density at radius 1 is 1.05 bits per heavy atom. The minimum absolute atomic E-state index is 0.121. The molecule has 0 bridgehead atoms. The number of hydrogen-bond donors (Lipinski definition) is 2. The largest absolute Gasteiger partial charge is 0.490 e. The van der Waals surface area contributed by atoms with Crippen LogP contribution in [0.5, 0.6) is 5.75 Å². The van der Waals surface area contributed by atoms with E-state index in [1.807, 2.05) is 30.9 Å². The summed E-state index contributed by atoms with van der Waals surface area (Å²) in [5.74, 6) is -0.427. The third-order valence-corrected chi connectivity index (χ3v) is 12.2. The highest BCUT2D eigenvalue weighted by Crippen LogP contribution is 2.43. The number of halogens is 1. The number of fused-ring (bicyclic) bond motifs is 2. The van der Waals surface area contributed by atoms with Crippen LogP contribution in [0.4, 0.5) is 15.9 Å². The molecular formula is C41H47FN10O4. The van der Waals surface area contributed by atoms with Crippen LogP contribution in [0.25, 0.3) is 16.6 Å². The van der Waals surface area contributed by atoms with Crippen molar-refractivity contribution in [2.24, 2.45) is 11.3 Å². The van der Waals surface area contributed by atoms with E-state index in [1.54, 1.807) is 35.4 Å². The number of pyridine rings is 1. The zero-order valence-corrected chi connectivity index (χ0v) is 31.8. The van der Waals surface area contributed by atoms with E-state index in [-0.39, 0.29) is 35.7 Å². The lowest BCUT2D eigenvalue weighted by atomic mass is 9.71. The molecule has 7 heterocycles. The molecule has 9 rings (SSSR count). The van der Waals surface area contributed by atoms with Crippen molar-refractivity contribution < 1.29 is 23.5 Å². The Morgan fingerprint density at radius 3 is 2.61 bits per heavy atom. The fourth-order valence-electron chi connectivity index (χ4n) is 9.27. The summed E-state index contributed by atoms with van der Waals surface area (Å²) >= 11 is 0. The molecule has 4 aromatic heterocycles. The molecule has 1 saturated carbocycles. The number of nitrogens with zero attached hydrogens (tertiary/aromatic N) is 8.